The van der Waals surface area contributed by atoms with E-state index in [4.69, 9.17) is 39.8 Å². The molecule has 1 aromatic heterocycles. The predicted octanol–water partition coefficient (Wildman–Crippen LogP) is 6.88. The number of anilines is 1. The molecule has 1 fully saturated rings. The number of carbonyl (C=O) groups is 1. The number of halogens is 2. The number of thiocarbonyl (C=S) groups is 1. The number of hydrogen-bond acceptors (Lipinski definition) is 6. The van der Waals surface area contributed by atoms with Crippen LogP contribution in [0.1, 0.15) is 11.3 Å². The molecule has 1 amide bonds. The maximum atomic E-state index is 12.9. The van der Waals surface area contributed by atoms with Crippen molar-refractivity contribution in [3.8, 4) is 11.3 Å². The fourth-order valence-corrected chi connectivity index (χ4v) is 4.77. The van der Waals surface area contributed by atoms with Crippen LogP contribution in [0, 0.1) is 17.0 Å². The van der Waals surface area contributed by atoms with Gasteiger partial charge in [-0.3, -0.25) is 19.8 Å². The van der Waals surface area contributed by atoms with Crippen molar-refractivity contribution in [3.05, 3.63) is 84.9 Å². The van der Waals surface area contributed by atoms with E-state index in [1.807, 2.05) is 0 Å². The number of furan rings is 1. The standard InChI is InChI=1S/C21H12Cl2N2O4S2/c1-11-2-3-12(8-17(11)25(27)28)18-7-5-14(29-18)10-19-20(26)24(21(30)31-19)16-6-4-13(22)9-15(16)23/h2-10H,1H3/b19-10-. The number of nitro benzene ring substituents is 1. The fourth-order valence-electron chi connectivity index (χ4n) is 3.01. The summed E-state index contributed by atoms with van der Waals surface area (Å²) in [4.78, 5) is 25.4. The third-order valence-corrected chi connectivity index (χ3v) is 6.37. The SMILES string of the molecule is Cc1ccc(-c2ccc(/C=C3\SC(=S)N(c4ccc(Cl)cc4Cl)C3=O)o2)cc1[N+](=O)[O-]. The van der Waals surface area contributed by atoms with E-state index in [0.717, 1.165) is 11.8 Å². The van der Waals surface area contributed by atoms with Gasteiger partial charge in [-0.25, -0.2) is 0 Å². The first kappa shape index (κ1) is 21.6. The molecule has 2 aromatic carbocycles. The Kier molecular flexibility index (Phi) is 5.90. The molecule has 6 nitrogen and oxygen atoms in total. The van der Waals surface area contributed by atoms with E-state index < -0.39 is 4.92 Å². The summed E-state index contributed by atoms with van der Waals surface area (Å²) in [5.74, 6) is 0.537. The molecule has 0 atom stereocenters. The molecule has 3 aromatic rings. The lowest BCUT2D eigenvalue weighted by Gasteiger charge is -2.16. The second-order valence-corrected chi connectivity index (χ2v) is 9.09. The van der Waals surface area contributed by atoms with Crippen molar-refractivity contribution in [2.45, 2.75) is 6.92 Å². The topological polar surface area (TPSA) is 76.6 Å². The van der Waals surface area contributed by atoms with Crippen LogP contribution in [0.25, 0.3) is 17.4 Å². The first-order valence-corrected chi connectivity index (χ1v) is 10.8. The molecule has 0 saturated carbocycles. The third kappa shape index (κ3) is 4.24. The largest absolute Gasteiger partial charge is 0.457 e. The van der Waals surface area contributed by atoms with Crippen LogP contribution in [0.15, 0.2) is 57.9 Å². The Hall–Kier alpha value is -2.65. The molecule has 10 heteroatoms. The van der Waals surface area contributed by atoms with Crippen LogP contribution in [0.4, 0.5) is 11.4 Å². The summed E-state index contributed by atoms with van der Waals surface area (Å²) in [5, 5.41) is 12.0. The lowest BCUT2D eigenvalue weighted by molar-refractivity contribution is -0.385. The molecule has 1 saturated heterocycles. The smallest absolute Gasteiger partial charge is 0.273 e. The van der Waals surface area contributed by atoms with Gasteiger partial charge in [-0.2, -0.15) is 0 Å². The van der Waals surface area contributed by atoms with Gasteiger partial charge < -0.3 is 4.42 Å². The summed E-state index contributed by atoms with van der Waals surface area (Å²) in [6, 6.07) is 13.0. The maximum absolute atomic E-state index is 12.9. The minimum Gasteiger partial charge on any atom is -0.457 e. The zero-order valence-electron chi connectivity index (χ0n) is 15.8. The summed E-state index contributed by atoms with van der Waals surface area (Å²) in [5.41, 5.74) is 1.59. The molecule has 1 aliphatic rings. The molecular weight excluding hydrogens is 479 g/mol. The van der Waals surface area contributed by atoms with Crippen LogP contribution in [0.2, 0.25) is 10.0 Å². The highest BCUT2D eigenvalue weighted by Crippen LogP contribution is 2.40. The number of nitro groups is 1. The molecule has 0 aliphatic carbocycles. The highest BCUT2D eigenvalue weighted by Gasteiger charge is 2.34. The van der Waals surface area contributed by atoms with Gasteiger partial charge in [0.25, 0.3) is 11.6 Å². The Bertz CT molecular complexity index is 1290. The monoisotopic (exact) mass is 490 g/mol. The third-order valence-electron chi connectivity index (χ3n) is 4.53. The minimum atomic E-state index is -0.435. The van der Waals surface area contributed by atoms with Gasteiger partial charge in [-0.05, 0) is 37.3 Å². The van der Waals surface area contributed by atoms with Crippen LogP contribution in [-0.2, 0) is 4.79 Å². The quantitative estimate of drug-likeness (QED) is 0.172. The number of aryl methyl sites for hydroxylation is 1. The zero-order valence-corrected chi connectivity index (χ0v) is 18.9. The summed E-state index contributed by atoms with van der Waals surface area (Å²) < 4.78 is 6.14. The van der Waals surface area contributed by atoms with Gasteiger partial charge in [0.05, 0.1) is 20.5 Å². The average molecular weight is 491 g/mol. The van der Waals surface area contributed by atoms with Crippen molar-refractivity contribution < 1.29 is 14.1 Å². The zero-order chi connectivity index (χ0) is 22.3. The molecular formula is C21H12Cl2N2O4S2. The van der Waals surface area contributed by atoms with Crippen LogP contribution < -0.4 is 4.90 Å². The van der Waals surface area contributed by atoms with Crippen molar-refractivity contribution in [3.63, 3.8) is 0 Å². The number of amides is 1. The number of rotatable bonds is 4. The molecule has 31 heavy (non-hydrogen) atoms. The Morgan fingerprint density at radius 2 is 1.94 bits per heavy atom. The lowest BCUT2D eigenvalue weighted by Crippen LogP contribution is -2.27. The number of hydrogen-bond donors (Lipinski definition) is 0. The Balaban J connectivity index is 1.63. The second kappa shape index (κ2) is 8.47. The van der Waals surface area contributed by atoms with Crippen molar-refractivity contribution in [2.24, 2.45) is 0 Å². The van der Waals surface area contributed by atoms with Crippen LogP contribution in [0.5, 0.6) is 0 Å². The van der Waals surface area contributed by atoms with E-state index in [1.54, 1.807) is 55.5 Å². The predicted molar refractivity (Wildman–Crippen MR) is 128 cm³/mol. The Morgan fingerprint density at radius 1 is 1.16 bits per heavy atom. The molecule has 0 bridgehead atoms. The van der Waals surface area contributed by atoms with Crippen LogP contribution in [0.3, 0.4) is 0 Å². The lowest BCUT2D eigenvalue weighted by atomic mass is 10.1. The number of carbonyl (C=O) groups excluding carboxylic acids is 1. The van der Waals surface area contributed by atoms with E-state index in [0.29, 0.717) is 47.6 Å². The van der Waals surface area contributed by atoms with Gasteiger partial charge in [0.1, 0.15) is 11.5 Å². The van der Waals surface area contributed by atoms with E-state index >= 15 is 0 Å². The minimum absolute atomic E-state index is 0.0103. The van der Waals surface area contributed by atoms with E-state index in [9.17, 15) is 14.9 Å². The Morgan fingerprint density at radius 3 is 2.65 bits per heavy atom. The Labute approximate surface area is 196 Å². The molecule has 0 radical (unpaired) electrons. The van der Waals surface area contributed by atoms with E-state index in [2.05, 4.69) is 0 Å². The fraction of sp³-hybridized carbons (Fsp3) is 0.0476. The molecule has 4 rings (SSSR count). The van der Waals surface area contributed by atoms with Crippen LogP contribution >= 0.6 is 47.2 Å². The summed E-state index contributed by atoms with van der Waals surface area (Å²) >= 11 is 18.7. The highest BCUT2D eigenvalue weighted by molar-refractivity contribution is 8.27. The van der Waals surface area contributed by atoms with Gasteiger partial charge in [0.2, 0.25) is 0 Å². The molecule has 0 unspecified atom stereocenters. The van der Waals surface area contributed by atoms with Gasteiger partial charge in [-0.15, -0.1) is 0 Å². The number of thioether (sulfide) groups is 1. The molecule has 0 N–H and O–H groups in total. The summed E-state index contributed by atoms with van der Waals surface area (Å²) in [6.07, 6.45) is 1.58. The molecule has 1 aliphatic heterocycles. The van der Waals surface area contributed by atoms with E-state index in [1.165, 1.54) is 11.0 Å². The molecule has 0 spiro atoms. The van der Waals surface area contributed by atoms with Gasteiger partial charge in [0, 0.05) is 28.3 Å². The van der Waals surface area contributed by atoms with Crippen molar-refractivity contribution in [1.82, 2.24) is 0 Å². The van der Waals surface area contributed by atoms with E-state index in [-0.39, 0.29) is 11.6 Å². The molecule has 2 heterocycles. The van der Waals surface area contributed by atoms with Gasteiger partial charge in [0.15, 0.2) is 4.32 Å². The van der Waals surface area contributed by atoms with Gasteiger partial charge in [-0.1, -0.05) is 59.3 Å². The van der Waals surface area contributed by atoms with Crippen molar-refractivity contribution >= 4 is 74.9 Å². The average Bonchev–Trinajstić information content (AvgIpc) is 3.28. The normalized spacial score (nSPS) is 15.2. The number of nitrogens with zero attached hydrogens (tertiary/aromatic N) is 2. The highest BCUT2D eigenvalue weighted by atomic mass is 35.5. The maximum Gasteiger partial charge on any atom is 0.273 e. The molecule has 156 valence electrons. The van der Waals surface area contributed by atoms with Crippen LogP contribution in [-0.4, -0.2) is 15.2 Å². The first-order chi connectivity index (χ1) is 14.7. The summed E-state index contributed by atoms with van der Waals surface area (Å²) in [7, 11) is 0. The number of benzene rings is 2. The second-order valence-electron chi connectivity index (χ2n) is 6.57. The van der Waals surface area contributed by atoms with Crippen molar-refractivity contribution in [1.29, 1.82) is 0 Å². The van der Waals surface area contributed by atoms with Crippen molar-refractivity contribution in [2.75, 3.05) is 4.90 Å². The first-order valence-electron chi connectivity index (χ1n) is 8.83. The van der Waals surface area contributed by atoms with Gasteiger partial charge >= 0.3 is 0 Å². The summed E-state index contributed by atoms with van der Waals surface area (Å²) in [6.45, 7) is 1.67.